The normalized spacial score (nSPS) is 15.8. The number of fused-ring (bicyclic) bond motifs is 2. The summed E-state index contributed by atoms with van der Waals surface area (Å²) < 4.78 is 1.90. The zero-order chi connectivity index (χ0) is 17.5. The zero-order valence-corrected chi connectivity index (χ0v) is 14.6. The van der Waals surface area contributed by atoms with E-state index in [9.17, 15) is 0 Å². The lowest BCUT2D eigenvalue weighted by Gasteiger charge is -2.32. The van der Waals surface area contributed by atoms with E-state index in [2.05, 4.69) is 48.6 Å². The van der Waals surface area contributed by atoms with Gasteiger partial charge in [0.25, 0.3) is 0 Å². The Morgan fingerprint density at radius 1 is 0.962 bits per heavy atom. The minimum Gasteiger partial charge on any atom is -0.355 e. The molecule has 0 radical (unpaired) electrons. The van der Waals surface area contributed by atoms with Gasteiger partial charge in [-0.3, -0.25) is 0 Å². The molecule has 1 aliphatic heterocycles. The molecule has 26 heavy (non-hydrogen) atoms. The fourth-order valence-corrected chi connectivity index (χ4v) is 3.75. The molecular weight excluding hydrogens is 326 g/mol. The van der Waals surface area contributed by atoms with E-state index in [1.807, 2.05) is 35.8 Å². The molecular formula is C19H19N7. The van der Waals surface area contributed by atoms with Crippen LogP contribution >= 0.6 is 0 Å². The van der Waals surface area contributed by atoms with E-state index in [1.165, 1.54) is 0 Å². The van der Waals surface area contributed by atoms with Crippen LogP contribution in [0, 0.1) is 6.92 Å². The largest absolute Gasteiger partial charge is 0.355 e. The number of hydrogen-bond acceptors (Lipinski definition) is 6. The third kappa shape index (κ3) is 2.47. The molecule has 0 bridgehead atoms. The highest BCUT2D eigenvalue weighted by Crippen LogP contribution is 2.31. The van der Waals surface area contributed by atoms with E-state index >= 15 is 0 Å². The second kappa shape index (κ2) is 6.01. The monoisotopic (exact) mass is 345 g/mol. The van der Waals surface area contributed by atoms with Gasteiger partial charge in [-0.05, 0) is 31.9 Å². The Morgan fingerprint density at radius 2 is 1.81 bits per heavy atom. The van der Waals surface area contributed by atoms with Crippen molar-refractivity contribution >= 4 is 22.2 Å². The summed E-state index contributed by atoms with van der Waals surface area (Å²) in [5, 5.41) is 24.1. The van der Waals surface area contributed by atoms with Crippen molar-refractivity contribution in [2.75, 3.05) is 18.0 Å². The van der Waals surface area contributed by atoms with Crippen molar-refractivity contribution in [3.63, 3.8) is 0 Å². The second-order valence-electron chi connectivity index (χ2n) is 6.82. The molecule has 0 amide bonds. The van der Waals surface area contributed by atoms with Gasteiger partial charge in [0.05, 0.1) is 11.9 Å². The summed E-state index contributed by atoms with van der Waals surface area (Å²) in [6.07, 6.45) is 3.82. The summed E-state index contributed by atoms with van der Waals surface area (Å²) in [7, 11) is 0. The number of rotatable bonds is 2. The lowest BCUT2D eigenvalue weighted by molar-refractivity contribution is 0.474. The summed E-state index contributed by atoms with van der Waals surface area (Å²) in [6.45, 7) is 3.84. The standard InChI is InChI=1S/C19H19N7/c1-13-6-7-17-21-23-18(26(17)24-13)14-8-10-25(11-9-14)19-16-5-3-2-4-15(16)12-20-22-19/h2-7,12,14H,8-11H2,1H3. The minimum absolute atomic E-state index is 0.360. The topological polar surface area (TPSA) is 72.1 Å². The minimum atomic E-state index is 0.360. The molecule has 0 aliphatic carbocycles. The number of nitrogens with zero attached hydrogens (tertiary/aromatic N) is 7. The molecule has 0 saturated carbocycles. The quantitative estimate of drug-likeness (QED) is 0.556. The number of benzene rings is 1. The van der Waals surface area contributed by atoms with Gasteiger partial charge in [-0.2, -0.15) is 14.7 Å². The van der Waals surface area contributed by atoms with Gasteiger partial charge in [0.2, 0.25) is 0 Å². The maximum atomic E-state index is 4.58. The first-order valence-corrected chi connectivity index (χ1v) is 8.94. The number of anilines is 1. The molecule has 4 heterocycles. The molecule has 4 aromatic rings. The van der Waals surface area contributed by atoms with Gasteiger partial charge >= 0.3 is 0 Å². The second-order valence-corrected chi connectivity index (χ2v) is 6.82. The van der Waals surface area contributed by atoms with Crippen LogP contribution in [0.15, 0.2) is 42.6 Å². The van der Waals surface area contributed by atoms with E-state index in [-0.39, 0.29) is 0 Å². The summed E-state index contributed by atoms with van der Waals surface area (Å²) in [5.41, 5.74) is 1.79. The maximum absolute atomic E-state index is 4.58. The lowest BCUT2D eigenvalue weighted by Crippen LogP contribution is -2.34. The highest BCUT2D eigenvalue weighted by Gasteiger charge is 2.26. The van der Waals surface area contributed by atoms with E-state index in [0.29, 0.717) is 5.92 Å². The Morgan fingerprint density at radius 3 is 2.69 bits per heavy atom. The van der Waals surface area contributed by atoms with Crippen LogP contribution < -0.4 is 4.90 Å². The summed E-state index contributed by atoms with van der Waals surface area (Å²) in [4.78, 5) is 2.33. The summed E-state index contributed by atoms with van der Waals surface area (Å²) >= 11 is 0. The Bertz CT molecular complexity index is 1070. The van der Waals surface area contributed by atoms with Crippen molar-refractivity contribution < 1.29 is 0 Å². The summed E-state index contributed by atoms with van der Waals surface area (Å²) in [6, 6.07) is 12.2. The molecule has 1 aromatic carbocycles. The highest BCUT2D eigenvalue weighted by atomic mass is 15.4. The average Bonchev–Trinajstić information content (AvgIpc) is 3.11. The van der Waals surface area contributed by atoms with Gasteiger partial charge in [0, 0.05) is 29.8 Å². The van der Waals surface area contributed by atoms with Gasteiger partial charge in [0.15, 0.2) is 17.3 Å². The van der Waals surface area contributed by atoms with Crippen LogP contribution in [-0.2, 0) is 0 Å². The molecule has 0 spiro atoms. The van der Waals surface area contributed by atoms with Crippen molar-refractivity contribution in [2.45, 2.75) is 25.7 Å². The number of aromatic nitrogens is 6. The molecule has 1 saturated heterocycles. The smallest absolute Gasteiger partial charge is 0.177 e. The average molecular weight is 345 g/mol. The Balaban J connectivity index is 1.41. The van der Waals surface area contributed by atoms with Crippen molar-refractivity contribution in [3.8, 4) is 0 Å². The Hall–Kier alpha value is -3.09. The van der Waals surface area contributed by atoms with Gasteiger partial charge in [-0.15, -0.1) is 15.3 Å². The first-order valence-electron chi connectivity index (χ1n) is 8.94. The Labute approximate surface area is 150 Å². The van der Waals surface area contributed by atoms with E-state index in [4.69, 9.17) is 0 Å². The maximum Gasteiger partial charge on any atom is 0.177 e. The third-order valence-electron chi connectivity index (χ3n) is 5.13. The van der Waals surface area contributed by atoms with Gasteiger partial charge < -0.3 is 4.90 Å². The summed E-state index contributed by atoms with van der Waals surface area (Å²) in [5.74, 6) is 2.30. The first kappa shape index (κ1) is 15.2. The third-order valence-corrected chi connectivity index (χ3v) is 5.13. The molecule has 1 aliphatic rings. The van der Waals surface area contributed by atoms with Crippen LogP contribution in [0.25, 0.3) is 16.4 Å². The van der Waals surface area contributed by atoms with Crippen molar-refractivity contribution in [3.05, 3.63) is 54.1 Å². The molecule has 0 unspecified atom stereocenters. The van der Waals surface area contributed by atoms with Crippen LogP contribution in [0.3, 0.4) is 0 Å². The van der Waals surface area contributed by atoms with Crippen molar-refractivity contribution in [1.29, 1.82) is 0 Å². The van der Waals surface area contributed by atoms with Crippen molar-refractivity contribution in [1.82, 2.24) is 30.0 Å². The number of aryl methyl sites for hydroxylation is 1. The fourth-order valence-electron chi connectivity index (χ4n) is 3.75. The Kier molecular flexibility index (Phi) is 3.51. The van der Waals surface area contributed by atoms with E-state index in [0.717, 1.165) is 59.7 Å². The molecule has 130 valence electrons. The van der Waals surface area contributed by atoms with Crippen LogP contribution in [-0.4, -0.2) is 43.1 Å². The zero-order valence-electron chi connectivity index (χ0n) is 14.6. The van der Waals surface area contributed by atoms with Crippen molar-refractivity contribution in [2.24, 2.45) is 0 Å². The molecule has 5 rings (SSSR count). The van der Waals surface area contributed by atoms with Gasteiger partial charge in [-0.25, -0.2) is 0 Å². The van der Waals surface area contributed by atoms with E-state index in [1.54, 1.807) is 0 Å². The molecule has 3 aromatic heterocycles. The van der Waals surface area contributed by atoms with Gasteiger partial charge in [0.1, 0.15) is 0 Å². The fraction of sp³-hybridized carbons (Fsp3) is 0.316. The molecule has 1 fully saturated rings. The van der Waals surface area contributed by atoms with Crippen LogP contribution in [0.5, 0.6) is 0 Å². The number of hydrogen-bond donors (Lipinski definition) is 0. The van der Waals surface area contributed by atoms with Crippen LogP contribution in [0.4, 0.5) is 5.82 Å². The van der Waals surface area contributed by atoms with Gasteiger partial charge in [-0.1, -0.05) is 24.3 Å². The number of piperidine rings is 1. The molecule has 7 nitrogen and oxygen atoms in total. The molecule has 0 N–H and O–H groups in total. The lowest BCUT2D eigenvalue weighted by atomic mass is 9.96. The highest BCUT2D eigenvalue weighted by molar-refractivity contribution is 5.91. The van der Waals surface area contributed by atoms with E-state index < -0.39 is 0 Å². The van der Waals surface area contributed by atoms with Crippen LogP contribution in [0.1, 0.15) is 30.3 Å². The predicted octanol–water partition coefficient (Wildman–Crippen LogP) is 2.76. The SMILES string of the molecule is Cc1ccc2nnc(C3CCN(c4nncc5ccccc45)CC3)n2n1. The van der Waals surface area contributed by atoms with Crippen LogP contribution in [0.2, 0.25) is 0 Å². The molecule has 0 atom stereocenters. The molecule has 7 heteroatoms. The predicted molar refractivity (Wildman–Crippen MR) is 99.2 cm³/mol. The first-order chi connectivity index (χ1) is 12.8.